The van der Waals surface area contributed by atoms with Gasteiger partial charge in [0, 0.05) is 18.7 Å². The van der Waals surface area contributed by atoms with Gasteiger partial charge in [0.2, 0.25) is 0 Å². The molecule has 0 bridgehead atoms. The van der Waals surface area contributed by atoms with Crippen molar-refractivity contribution < 1.29 is 22.7 Å². The highest BCUT2D eigenvalue weighted by atomic mass is 19.4. The van der Waals surface area contributed by atoms with E-state index in [9.17, 15) is 18.0 Å². The van der Waals surface area contributed by atoms with Crippen LogP contribution in [-0.2, 0) is 10.9 Å². The van der Waals surface area contributed by atoms with Crippen LogP contribution < -0.4 is 10.6 Å². The van der Waals surface area contributed by atoms with Crippen molar-refractivity contribution in [1.29, 1.82) is 0 Å². The highest BCUT2D eigenvalue weighted by Gasteiger charge is 2.32. The average molecular weight is 274 g/mol. The molecule has 4 nitrogen and oxygen atoms in total. The predicted octanol–water partition coefficient (Wildman–Crippen LogP) is 2.38. The first-order valence-electron chi connectivity index (χ1n) is 5.74. The van der Waals surface area contributed by atoms with Crippen molar-refractivity contribution in [2.45, 2.75) is 18.7 Å². The third-order valence-corrected chi connectivity index (χ3v) is 2.97. The molecule has 1 aromatic rings. The van der Waals surface area contributed by atoms with Crippen LogP contribution in [0.2, 0.25) is 0 Å². The second kappa shape index (κ2) is 4.99. The molecular formula is C12H13F3N2O2. The summed E-state index contributed by atoms with van der Waals surface area (Å²) in [5.41, 5.74) is 4.68. The molecule has 1 saturated heterocycles. The maximum absolute atomic E-state index is 12.6. The molecule has 1 atom stereocenters. The third-order valence-electron chi connectivity index (χ3n) is 2.97. The summed E-state index contributed by atoms with van der Waals surface area (Å²) in [7, 11) is 0. The maximum Gasteiger partial charge on any atom is 0.416 e. The quantitative estimate of drug-likeness (QED) is 0.900. The van der Waals surface area contributed by atoms with Crippen LogP contribution in [0.15, 0.2) is 24.3 Å². The molecule has 1 aromatic carbocycles. The topological polar surface area (TPSA) is 55.6 Å². The molecule has 1 fully saturated rings. The van der Waals surface area contributed by atoms with Gasteiger partial charge in [-0.1, -0.05) is 6.07 Å². The van der Waals surface area contributed by atoms with Crippen molar-refractivity contribution in [2.24, 2.45) is 5.73 Å². The Morgan fingerprint density at radius 3 is 2.79 bits per heavy atom. The van der Waals surface area contributed by atoms with Gasteiger partial charge in [0.15, 0.2) is 0 Å². The van der Waals surface area contributed by atoms with Gasteiger partial charge in [-0.3, -0.25) is 0 Å². The summed E-state index contributed by atoms with van der Waals surface area (Å²) in [6, 6.07) is 5.08. The molecule has 7 heteroatoms. The first kappa shape index (κ1) is 13.5. The third kappa shape index (κ3) is 3.30. The van der Waals surface area contributed by atoms with Gasteiger partial charge in [-0.05, 0) is 18.2 Å². The fourth-order valence-corrected chi connectivity index (χ4v) is 2.10. The normalized spacial score (nSPS) is 19.5. The second-order valence-corrected chi connectivity index (χ2v) is 4.34. The zero-order valence-electron chi connectivity index (χ0n) is 9.98. The molecule has 19 heavy (non-hydrogen) atoms. The molecule has 1 aliphatic rings. The predicted molar refractivity (Wildman–Crippen MR) is 62.7 cm³/mol. The number of hydrogen-bond acceptors (Lipinski definition) is 3. The zero-order valence-corrected chi connectivity index (χ0v) is 9.98. The molecule has 0 spiro atoms. The summed E-state index contributed by atoms with van der Waals surface area (Å²) in [5.74, 6) is 0. The molecule has 0 aromatic heterocycles. The summed E-state index contributed by atoms with van der Waals surface area (Å²) in [6.45, 7) is 0.878. The Kier molecular flexibility index (Phi) is 3.55. The van der Waals surface area contributed by atoms with E-state index in [4.69, 9.17) is 10.5 Å². The summed E-state index contributed by atoms with van der Waals surface area (Å²) < 4.78 is 42.6. The minimum atomic E-state index is -4.36. The number of amides is 1. The Morgan fingerprint density at radius 1 is 1.42 bits per heavy atom. The number of rotatable bonds is 2. The fourth-order valence-electron chi connectivity index (χ4n) is 2.10. The van der Waals surface area contributed by atoms with E-state index in [2.05, 4.69) is 0 Å². The number of carbonyl (C=O) groups is 1. The van der Waals surface area contributed by atoms with E-state index in [1.54, 1.807) is 11.0 Å². The number of benzene rings is 1. The van der Waals surface area contributed by atoms with Gasteiger partial charge in [0.05, 0.1) is 12.1 Å². The number of anilines is 1. The van der Waals surface area contributed by atoms with Gasteiger partial charge < -0.3 is 15.4 Å². The van der Waals surface area contributed by atoms with Crippen molar-refractivity contribution in [2.75, 3.05) is 18.0 Å². The molecule has 0 aliphatic carbocycles. The summed E-state index contributed by atoms with van der Waals surface area (Å²) >= 11 is 0. The molecule has 1 heterocycles. The Morgan fingerprint density at radius 2 is 2.16 bits per heavy atom. The van der Waals surface area contributed by atoms with Crippen LogP contribution in [-0.4, -0.2) is 25.3 Å². The summed E-state index contributed by atoms with van der Waals surface area (Å²) in [6.07, 6.45) is -5.04. The van der Waals surface area contributed by atoms with Crippen LogP contribution in [0.3, 0.4) is 0 Å². The van der Waals surface area contributed by atoms with Crippen molar-refractivity contribution in [1.82, 2.24) is 0 Å². The molecular weight excluding hydrogens is 261 g/mol. The van der Waals surface area contributed by atoms with Gasteiger partial charge >= 0.3 is 12.3 Å². The first-order valence-corrected chi connectivity index (χ1v) is 5.74. The number of nitrogens with zero attached hydrogens (tertiary/aromatic N) is 1. The lowest BCUT2D eigenvalue weighted by molar-refractivity contribution is -0.137. The lowest BCUT2D eigenvalue weighted by atomic mass is 10.2. The SMILES string of the molecule is NC(=O)O[C@@H]1CCN(c2cccc(C(F)(F)F)c2)C1. The van der Waals surface area contributed by atoms with E-state index >= 15 is 0 Å². The number of nitrogens with two attached hydrogens (primary N) is 1. The number of ether oxygens (including phenoxy) is 1. The number of alkyl halides is 3. The maximum atomic E-state index is 12.6. The molecule has 2 N–H and O–H groups in total. The zero-order chi connectivity index (χ0) is 14.0. The van der Waals surface area contributed by atoms with Crippen LogP contribution in [0.4, 0.5) is 23.7 Å². The number of hydrogen-bond donors (Lipinski definition) is 1. The van der Waals surface area contributed by atoms with Crippen LogP contribution in [0.25, 0.3) is 0 Å². The van der Waals surface area contributed by atoms with Crippen molar-refractivity contribution in [3.63, 3.8) is 0 Å². The van der Waals surface area contributed by atoms with Gasteiger partial charge in [-0.15, -0.1) is 0 Å². The van der Waals surface area contributed by atoms with Crippen molar-refractivity contribution >= 4 is 11.8 Å². The Bertz CT molecular complexity index is 476. The van der Waals surface area contributed by atoms with E-state index in [0.29, 0.717) is 25.2 Å². The second-order valence-electron chi connectivity index (χ2n) is 4.34. The summed E-state index contributed by atoms with van der Waals surface area (Å²) in [5, 5.41) is 0. The Labute approximate surface area is 107 Å². The first-order chi connectivity index (χ1) is 8.86. The van der Waals surface area contributed by atoms with Crippen LogP contribution >= 0.6 is 0 Å². The lowest BCUT2D eigenvalue weighted by Crippen LogP contribution is -2.27. The fraction of sp³-hybridized carbons (Fsp3) is 0.417. The van der Waals surface area contributed by atoms with E-state index in [-0.39, 0.29) is 6.10 Å². The van der Waals surface area contributed by atoms with E-state index < -0.39 is 17.8 Å². The average Bonchev–Trinajstić information content (AvgIpc) is 2.76. The van der Waals surface area contributed by atoms with E-state index in [1.165, 1.54) is 6.07 Å². The summed E-state index contributed by atoms with van der Waals surface area (Å²) in [4.78, 5) is 12.4. The molecule has 2 rings (SSSR count). The lowest BCUT2D eigenvalue weighted by Gasteiger charge is -2.19. The van der Waals surface area contributed by atoms with Crippen LogP contribution in [0.1, 0.15) is 12.0 Å². The molecule has 104 valence electrons. The van der Waals surface area contributed by atoms with Crippen molar-refractivity contribution in [3.05, 3.63) is 29.8 Å². The standard InChI is InChI=1S/C12H13F3N2O2/c13-12(14,15)8-2-1-3-9(6-8)17-5-4-10(7-17)19-11(16)18/h1-3,6,10H,4-5,7H2,(H2,16,18)/t10-/m1/s1. The largest absolute Gasteiger partial charge is 0.444 e. The number of halogens is 3. The number of carbonyl (C=O) groups excluding carboxylic acids is 1. The van der Waals surface area contributed by atoms with E-state index in [0.717, 1.165) is 12.1 Å². The Hall–Kier alpha value is -1.92. The molecule has 0 saturated carbocycles. The molecule has 1 aliphatic heterocycles. The monoisotopic (exact) mass is 274 g/mol. The van der Waals surface area contributed by atoms with Gasteiger partial charge in [-0.2, -0.15) is 13.2 Å². The Balaban J connectivity index is 2.09. The smallest absolute Gasteiger partial charge is 0.416 e. The minimum Gasteiger partial charge on any atom is -0.444 e. The highest BCUT2D eigenvalue weighted by Crippen LogP contribution is 2.32. The van der Waals surface area contributed by atoms with Crippen LogP contribution in [0.5, 0.6) is 0 Å². The molecule has 0 unspecified atom stereocenters. The van der Waals surface area contributed by atoms with Gasteiger partial charge in [-0.25, -0.2) is 4.79 Å². The molecule has 0 radical (unpaired) electrons. The minimum absolute atomic E-state index is 0.351. The van der Waals surface area contributed by atoms with Gasteiger partial charge in [0.25, 0.3) is 0 Å². The van der Waals surface area contributed by atoms with Crippen molar-refractivity contribution in [3.8, 4) is 0 Å². The highest BCUT2D eigenvalue weighted by molar-refractivity contribution is 5.65. The van der Waals surface area contributed by atoms with Crippen LogP contribution in [0, 0.1) is 0 Å². The van der Waals surface area contributed by atoms with Gasteiger partial charge in [0.1, 0.15) is 6.10 Å². The number of primary amides is 1. The van der Waals surface area contributed by atoms with E-state index in [1.807, 2.05) is 0 Å². The molecule has 1 amide bonds.